The summed E-state index contributed by atoms with van der Waals surface area (Å²) in [5.41, 5.74) is 0. The Morgan fingerprint density at radius 1 is 1.56 bits per heavy atom. The molecule has 1 fully saturated rings. The molecule has 0 spiro atoms. The number of carbonyl (C=O) groups excluding carboxylic acids is 1. The number of aliphatic carboxylic acids is 1. The maximum atomic E-state index is 11.7. The van der Waals surface area contributed by atoms with E-state index in [1.165, 1.54) is 4.90 Å². The molecule has 2 rings (SSSR count). The van der Waals surface area contributed by atoms with Crippen LogP contribution < -0.4 is 5.32 Å². The van der Waals surface area contributed by atoms with E-state index in [1.807, 2.05) is 0 Å². The van der Waals surface area contributed by atoms with E-state index in [1.54, 1.807) is 0 Å². The van der Waals surface area contributed by atoms with Crippen molar-refractivity contribution in [2.24, 2.45) is 0 Å². The lowest BCUT2D eigenvalue weighted by molar-refractivity contribution is -0.141. The minimum absolute atomic E-state index is 0.265. The van der Waals surface area contributed by atoms with E-state index < -0.39 is 18.0 Å². The second kappa shape index (κ2) is 4.39. The topological polar surface area (TPSA) is 108 Å². The van der Waals surface area contributed by atoms with E-state index in [2.05, 4.69) is 20.1 Å². The number of nitrogens with one attached hydrogen (secondary N) is 1. The molecule has 2 N–H and O–H groups in total. The van der Waals surface area contributed by atoms with Crippen LogP contribution in [0.25, 0.3) is 0 Å². The van der Waals surface area contributed by atoms with Gasteiger partial charge in [-0.15, -0.1) is 0 Å². The highest BCUT2D eigenvalue weighted by Crippen LogP contribution is 2.18. The fraction of sp³-hybridized carbons (Fsp3) is 0.571. The van der Waals surface area contributed by atoms with Gasteiger partial charge in [-0.05, 0) is 18.1 Å². The summed E-state index contributed by atoms with van der Waals surface area (Å²) in [7, 11) is 0. The van der Waals surface area contributed by atoms with Gasteiger partial charge in [0, 0.05) is 18.1 Å². The van der Waals surface area contributed by atoms with Crippen LogP contribution in [0.5, 0.6) is 0 Å². The van der Waals surface area contributed by atoms with Gasteiger partial charge in [-0.25, -0.2) is 9.59 Å². The van der Waals surface area contributed by atoms with Gasteiger partial charge in [0.25, 0.3) is 0 Å². The molecule has 8 nitrogen and oxygen atoms in total. The molecule has 16 heavy (non-hydrogen) atoms. The molecule has 1 aliphatic heterocycles. The highest BCUT2D eigenvalue weighted by Gasteiger charge is 2.34. The number of hydrogen-bond acceptors (Lipinski definition) is 6. The third-order valence-corrected chi connectivity index (χ3v) is 2.82. The Labute approximate surface area is 94.4 Å². The second-order valence-electron chi connectivity index (χ2n) is 3.29. The normalized spacial score (nSPS) is 19.8. The first-order valence-electron chi connectivity index (χ1n) is 4.64. The molecule has 1 aliphatic rings. The van der Waals surface area contributed by atoms with Crippen LogP contribution in [0, 0.1) is 0 Å². The van der Waals surface area contributed by atoms with Crippen LogP contribution in [0.15, 0.2) is 0 Å². The number of carbonyl (C=O) groups is 2. The van der Waals surface area contributed by atoms with Crippen LogP contribution in [0.1, 0.15) is 12.8 Å². The molecule has 0 saturated carbocycles. The Balaban J connectivity index is 2.01. The number of nitrogens with zero attached hydrogens (tertiary/aromatic N) is 4. The minimum atomic E-state index is -0.983. The van der Waals surface area contributed by atoms with E-state index in [9.17, 15) is 9.59 Å². The first-order valence-corrected chi connectivity index (χ1v) is 5.41. The Morgan fingerprint density at radius 3 is 3.00 bits per heavy atom. The van der Waals surface area contributed by atoms with Crippen molar-refractivity contribution in [2.45, 2.75) is 18.9 Å². The molecule has 0 radical (unpaired) electrons. The molecule has 1 saturated heterocycles. The van der Waals surface area contributed by atoms with Crippen LogP contribution in [0.4, 0.5) is 9.93 Å². The molecule has 1 aromatic heterocycles. The lowest BCUT2D eigenvalue weighted by Crippen LogP contribution is -2.42. The summed E-state index contributed by atoms with van der Waals surface area (Å²) >= 11 is 0.941. The van der Waals surface area contributed by atoms with Gasteiger partial charge in [0.1, 0.15) is 6.04 Å². The first-order chi connectivity index (χ1) is 7.68. The molecular formula is C7H9N5O3S. The van der Waals surface area contributed by atoms with Crippen molar-refractivity contribution >= 4 is 28.7 Å². The SMILES string of the molecule is O=C(O)C1CCCN1C(=O)Nc1nnns1. The number of likely N-dealkylation sites (tertiary alicyclic amines) is 1. The third kappa shape index (κ3) is 2.08. The highest BCUT2D eigenvalue weighted by molar-refractivity contribution is 7.09. The fourth-order valence-electron chi connectivity index (χ4n) is 1.61. The second-order valence-corrected chi connectivity index (χ2v) is 4.02. The summed E-state index contributed by atoms with van der Waals surface area (Å²) in [5, 5.41) is 18.5. The summed E-state index contributed by atoms with van der Waals surface area (Å²) in [6, 6.07) is -1.22. The predicted octanol–water partition coefficient (Wildman–Crippen LogP) is 0.0140. The van der Waals surface area contributed by atoms with Gasteiger partial charge >= 0.3 is 12.0 Å². The molecule has 0 bridgehead atoms. The van der Waals surface area contributed by atoms with Crippen molar-refractivity contribution < 1.29 is 14.7 Å². The zero-order chi connectivity index (χ0) is 11.5. The largest absolute Gasteiger partial charge is 0.480 e. The monoisotopic (exact) mass is 243 g/mol. The molecule has 9 heteroatoms. The van der Waals surface area contributed by atoms with Crippen LogP contribution in [-0.4, -0.2) is 49.4 Å². The van der Waals surface area contributed by atoms with Gasteiger partial charge in [-0.1, -0.05) is 9.59 Å². The summed E-state index contributed by atoms with van der Waals surface area (Å²) in [4.78, 5) is 23.8. The maximum Gasteiger partial charge on any atom is 0.326 e. The molecule has 1 aromatic rings. The van der Waals surface area contributed by atoms with Gasteiger partial charge in [0.15, 0.2) is 0 Å². The summed E-state index contributed by atoms with van der Waals surface area (Å²) in [6.45, 7) is 0.440. The fourth-order valence-corrected chi connectivity index (χ4v) is 1.97. The van der Waals surface area contributed by atoms with E-state index >= 15 is 0 Å². The summed E-state index contributed by atoms with van der Waals surface area (Å²) < 4.78 is 3.49. The standard InChI is InChI=1S/C7H9N5O3S/c13-5(14)4-2-1-3-12(4)7(15)8-6-9-10-11-16-6/h4H,1-3H2,(H,13,14)(H,8,9,11,15). The number of carboxylic acids is 1. The van der Waals surface area contributed by atoms with Gasteiger partial charge in [-0.3, -0.25) is 5.32 Å². The molecule has 1 atom stereocenters. The van der Waals surface area contributed by atoms with Crippen molar-refractivity contribution in [3.05, 3.63) is 0 Å². The van der Waals surface area contributed by atoms with Gasteiger partial charge in [0.05, 0.1) is 0 Å². The van der Waals surface area contributed by atoms with Gasteiger partial charge < -0.3 is 10.0 Å². The van der Waals surface area contributed by atoms with Crippen molar-refractivity contribution in [3.8, 4) is 0 Å². The Morgan fingerprint density at radius 2 is 2.38 bits per heavy atom. The Kier molecular flexibility index (Phi) is 2.95. The molecule has 2 amide bonds. The summed E-state index contributed by atoms with van der Waals surface area (Å²) in [5.74, 6) is -0.983. The van der Waals surface area contributed by atoms with Gasteiger partial charge in [-0.2, -0.15) is 0 Å². The lowest BCUT2D eigenvalue weighted by atomic mass is 10.2. The molecule has 86 valence electrons. The van der Waals surface area contributed by atoms with E-state index in [4.69, 9.17) is 5.11 Å². The molecule has 2 heterocycles. The molecule has 1 unspecified atom stereocenters. The number of aromatic nitrogens is 3. The highest BCUT2D eigenvalue weighted by atomic mass is 32.1. The van der Waals surface area contributed by atoms with E-state index in [0.717, 1.165) is 11.5 Å². The average molecular weight is 243 g/mol. The third-order valence-electron chi connectivity index (χ3n) is 2.31. The number of amides is 2. The minimum Gasteiger partial charge on any atom is -0.480 e. The maximum absolute atomic E-state index is 11.7. The quantitative estimate of drug-likeness (QED) is 0.757. The van der Waals surface area contributed by atoms with E-state index in [-0.39, 0.29) is 5.13 Å². The smallest absolute Gasteiger partial charge is 0.326 e. The number of anilines is 1. The van der Waals surface area contributed by atoms with Crippen LogP contribution in [0.3, 0.4) is 0 Å². The molecule has 0 aliphatic carbocycles. The van der Waals surface area contributed by atoms with Crippen LogP contribution >= 0.6 is 11.5 Å². The van der Waals surface area contributed by atoms with Crippen LogP contribution in [-0.2, 0) is 4.79 Å². The number of urea groups is 1. The first kappa shape index (κ1) is 10.7. The predicted molar refractivity (Wildman–Crippen MR) is 54.1 cm³/mol. The Hall–Kier alpha value is -1.77. The van der Waals surface area contributed by atoms with Crippen molar-refractivity contribution in [1.82, 2.24) is 19.7 Å². The summed E-state index contributed by atoms with van der Waals surface area (Å²) in [6.07, 6.45) is 1.18. The lowest BCUT2D eigenvalue weighted by Gasteiger charge is -2.20. The number of rotatable bonds is 2. The van der Waals surface area contributed by atoms with Crippen molar-refractivity contribution in [3.63, 3.8) is 0 Å². The van der Waals surface area contributed by atoms with Crippen LogP contribution in [0.2, 0.25) is 0 Å². The average Bonchev–Trinajstić information content (AvgIpc) is 2.86. The van der Waals surface area contributed by atoms with Crippen molar-refractivity contribution in [2.75, 3.05) is 11.9 Å². The van der Waals surface area contributed by atoms with E-state index in [0.29, 0.717) is 19.4 Å². The number of hydrogen-bond donors (Lipinski definition) is 2. The zero-order valence-corrected chi connectivity index (χ0v) is 8.98. The van der Waals surface area contributed by atoms with Gasteiger partial charge in [0.2, 0.25) is 5.13 Å². The zero-order valence-electron chi connectivity index (χ0n) is 8.16. The molecule has 0 aromatic carbocycles. The molecular weight excluding hydrogens is 234 g/mol. The number of carboxylic acid groups (broad SMARTS) is 1. The Bertz CT molecular complexity index is 395. The van der Waals surface area contributed by atoms with Crippen molar-refractivity contribution in [1.29, 1.82) is 0 Å².